The second kappa shape index (κ2) is 43.2. The van der Waals surface area contributed by atoms with Crippen LogP contribution in [0.5, 0.6) is 0 Å². The monoisotopic (exact) mass is 1210 g/mol. The molecule has 0 aromatic rings. The molecule has 0 amide bonds. The van der Waals surface area contributed by atoms with Crippen LogP contribution in [0.2, 0.25) is 0 Å². The second-order valence-corrected chi connectivity index (χ2v) is 6.27. The smallest absolute Gasteiger partial charge is 0.822 e. The van der Waals surface area contributed by atoms with E-state index in [1.165, 1.54) is 0 Å². The molecule has 0 N–H and O–H groups in total. The van der Waals surface area contributed by atoms with Crippen LogP contribution in [0.1, 0.15) is 0 Å². The van der Waals surface area contributed by atoms with Crippen molar-refractivity contribution < 1.29 is 278 Å². The zero-order valence-corrected chi connectivity index (χ0v) is 38.1. The van der Waals surface area contributed by atoms with Crippen LogP contribution >= 0.6 is 23.5 Å². The van der Waals surface area contributed by atoms with E-state index in [4.69, 9.17) is 99.9 Å². The summed E-state index contributed by atoms with van der Waals surface area (Å²) in [5.41, 5.74) is 0. The normalized spacial score (nSPS) is 7.78. The Morgan fingerprint density at radius 1 is 0.344 bits per heavy atom. The van der Waals surface area contributed by atoms with Gasteiger partial charge in [0, 0.05) is 27.5 Å². The van der Waals surface area contributed by atoms with Crippen molar-refractivity contribution in [1.82, 2.24) is 0 Å². The Morgan fingerprint density at radius 2 is 0.344 bits per heavy atom. The molecule has 32 heteroatoms. The maximum absolute atomic E-state index is 8.55. The first kappa shape index (κ1) is 71.0. The largest absolute Gasteiger partial charge is 3.00 e. The number of rotatable bonds is 0. The van der Waals surface area contributed by atoms with E-state index in [1.807, 2.05) is 0 Å². The minimum absolute atomic E-state index is 0. The SMILES string of the molecule is O=P([O-])([O-])[O-].O=P([O-])([O-])[O-].O=P([O-])([O-])[O-].O=[Si]([O-])[O-].O=[Si]([O-])[O-].O=[Si]([O-])[O-].[La+3].[La+3].[La+3].[La+3].[La+3]. The summed E-state index contributed by atoms with van der Waals surface area (Å²) >= 11 is 0. The third kappa shape index (κ3) is 1540. The molecule has 0 rings (SSSR count). The van der Waals surface area contributed by atoms with Crippen LogP contribution < -0.4 is 72.8 Å². The molecule has 0 fully saturated rings. The van der Waals surface area contributed by atoms with Crippen molar-refractivity contribution >= 4 is 51.0 Å². The molecule has 0 bridgehead atoms. The maximum atomic E-state index is 8.55. The van der Waals surface area contributed by atoms with Crippen LogP contribution in [-0.2, 0) is 27.1 Å². The molecule has 0 aromatic carbocycles. The van der Waals surface area contributed by atoms with Crippen molar-refractivity contribution in [3.8, 4) is 0 Å². The molecular formula is La5O21P3Si3. The van der Waals surface area contributed by atoms with Gasteiger partial charge in [-0.15, -0.1) is 0 Å². The summed E-state index contributed by atoms with van der Waals surface area (Å²) in [7, 11) is -27.1. The topological polar surface area (TPSA) is 448 Å². The fourth-order valence-corrected chi connectivity index (χ4v) is 0. The Morgan fingerprint density at radius 3 is 0.344 bits per heavy atom. The van der Waals surface area contributed by atoms with Gasteiger partial charge in [0.1, 0.15) is 0 Å². The minimum Gasteiger partial charge on any atom is -0.822 e. The van der Waals surface area contributed by atoms with E-state index < -0.39 is 51.0 Å². The molecule has 0 atom stereocenters. The van der Waals surface area contributed by atoms with Gasteiger partial charge in [0.15, 0.2) is 0 Å². The maximum Gasteiger partial charge on any atom is 3.00 e. The summed E-state index contributed by atoms with van der Waals surface area (Å²) in [6, 6.07) is 0. The molecule has 0 aliphatic heterocycles. The van der Waals surface area contributed by atoms with Crippen molar-refractivity contribution in [2.45, 2.75) is 0 Å². The van der Waals surface area contributed by atoms with Crippen molar-refractivity contribution in [3.05, 3.63) is 0 Å². The van der Waals surface area contributed by atoms with Gasteiger partial charge in [-0.3, -0.25) is 0 Å². The molecule has 21 nitrogen and oxygen atoms in total. The Bertz CT molecular complexity index is 422. The van der Waals surface area contributed by atoms with Crippen molar-refractivity contribution in [1.29, 1.82) is 0 Å². The summed E-state index contributed by atoms with van der Waals surface area (Å²) in [5, 5.41) is 0. The molecule has 0 aromatic heterocycles. The van der Waals surface area contributed by atoms with Gasteiger partial charge >= 0.3 is 178 Å². The van der Waals surface area contributed by atoms with E-state index in [1.54, 1.807) is 0 Å². The molecule has 32 heavy (non-hydrogen) atoms. The Balaban J connectivity index is -0.0000000179. The average Bonchev–Trinajstić information content (AvgIpc) is 2.01. The number of hydrogen-bond acceptors (Lipinski definition) is 21. The molecular weight excluding hydrogens is 1210 g/mol. The van der Waals surface area contributed by atoms with Crippen LogP contribution in [0.15, 0.2) is 0 Å². The van der Waals surface area contributed by atoms with Gasteiger partial charge in [-0.05, 0) is 0 Å². The molecule has 0 spiro atoms. The van der Waals surface area contributed by atoms with Crippen LogP contribution in [0, 0.1) is 178 Å². The summed E-state index contributed by atoms with van der Waals surface area (Å²) in [6.45, 7) is 0. The van der Waals surface area contributed by atoms with Crippen LogP contribution in [0.3, 0.4) is 0 Å². The van der Waals surface area contributed by atoms with Gasteiger partial charge in [-0.25, -0.2) is 0 Å². The number of phosphoric acid groups is 3. The Hall–Kier alpha value is 5.15. The fourth-order valence-electron chi connectivity index (χ4n) is 0. The van der Waals surface area contributed by atoms with Crippen LogP contribution in [0.4, 0.5) is 0 Å². The second-order valence-electron chi connectivity index (χ2n) is 2.09. The predicted octanol–water partition coefficient (Wildman–Crippen LogP) is -17.1. The van der Waals surface area contributed by atoms with Gasteiger partial charge in [0.05, 0.1) is 0 Å². The first-order chi connectivity index (χ1) is 11.2. The van der Waals surface area contributed by atoms with E-state index in [0.29, 0.717) is 0 Å². The zero-order chi connectivity index (χ0) is 24.2. The van der Waals surface area contributed by atoms with E-state index in [-0.39, 0.29) is 178 Å². The molecule has 0 unspecified atom stereocenters. The molecule has 0 saturated carbocycles. The molecule has 0 aliphatic carbocycles. The van der Waals surface area contributed by atoms with Gasteiger partial charge in [-0.2, -0.15) is 23.5 Å². The quantitative estimate of drug-likeness (QED) is 0.160. The summed E-state index contributed by atoms with van der Waals surface area (Å²) in [6.07, 6.45) is 0. The number of hydrogen-bond donors (Lipinski definition) is 0. The summed E-state index contributed by atoms with van der Waals surface area (Å²) in [4.78, 5) is 128. The van der Waals surface area contributed by atoms with E-state index in [0.717, 1.165) is 0 Å². The Labute approximate surface area is 322 Å². The molecule has 0 heterocycles. The van der Waals surface area contributed by atoms with Crippen LogP contribution in [-0.4, -0.2) is 27.5 Å². The van der Waals surface area contributed by atoms with Crippen molar-refractivity contribution in [2.75, 3.05) is 0 Å². The third-order valence-corrected chi connectivity index (χ3v) is 0. The standard InChI is InChI=1S/5La.3H3O4P.3O3Si/c;;;;;3*1-5(2,3)4;3*1-4(2)3/h;;;;;3*(H3,1,2,3,4);;;/q5*+3;;;;3*-2/p-9. The molecule has 0 radical (unpaired) electrons. The van der Waals surface area contributed by atoms with E-state index in [2.05, 4.69) is 0 Å². The first-order valence-corrected chi connectivity index (χ1v) is 12.1. The summed E-state index contributed by atoms with van der Waals surface area (Å²) in [5.74, 6) is 0. The van der Waals surface area contributed by atoms with Crippen LogP contribution in [0.25, 0.3) is 0 Å². The zero-order valence-electron chi connectivity index (χ0n) is 14.3. The average molecular weight is 1210 g/mol. The molecule has 168 valence electrons. The van der Waals surface area contributed by atoms with Crippen molar-refractivity contribution in [2.24, 2.45) is 0 Å². The van der Waals surface area contributed by atoms with Gasteiger partial charge in [-0.1, -0.05) is 0 Å². The van der Waals surface area contributed by atoms with Gasteiger partial charge in [0.2, 0.25) is 0 Å². The fraction of sp³-hybridized carbons (Fsp3) is 0. The third-order valence-electron chi connectivity index (χ3n) is 0. The first-order valence-electron chi connectivity index (χ1n) is 4.03. The van der Waals surface area contributed by atoms with Crippen molar-refractivity contribution in [3.63, 3.8) is 0 Å². The predicted molar refractivity (Wildman–Crippen MR) is 42.1 cm³/mol. The minimum atomic E-state index is -5.39. The molecule has 0 aliphatic rings. The molecule has 0 saturated heterocycles. The summed E-state index contributed by atoms with van der Waals surface area (Å²) < 4.78 is 51.2. The van der Waals surface area contributed by atoms with E-state index >= 15 is 0 Å². The van der Waals surface area contributed by atoms with Gasteiger partial charge < -0.3 is 99.9 Å². The Kier molecular flexibility index (Phi) is 95.9. The van der Waals surface area contributed by atoms with E-state index in [9.17, 15) is 0 Å². The van der Waals surface area contributed by atoms with Gasteiger partial charge in [0.25, 0.3) is 0 Å².